The van der Waals surface area contributed by atoms with Gasteiger partial charge in [-0.3, -0.25) is 5.32 Å². The van der Waals surface area contributed by atoms with Crippen LogP contribution in [-0.4, -0.2) is 39.9 Å². The lowest BCUT2D eigenvalue weighted by Gasteiger charge is -2.07. The van der Waals surface area contributed by atoms with Crippen LogP contribution in [0.2, 0.25) is 0 Å². The molecule has 0 aliphatic rings. The van der Waals surface area contributed by atoms with E-state index < -0.39 is 16.1 Å². The zero-order chi connectivity index (χ0) is 13.6. The minimum atomic E-state index is -3.56. The number of hydrogen-bond donors (Lipinski definition) is 3. The maximum Gasteiger partial charge on any atom is 0.411 e. The van der Waals surface area contributed by atoms with Crippen LogP contribution in [0.25, 0.3) is 0 Å². The predicted molar refractivity (Wildman–Crippen MR) is 64.7 cm³/mol. The number of carbonyl (C=O) groups is 1. The van der Waals surface area contributed by atoms with Crippen molar-refractivity contribution in [3.8, 4) is 0 Å². The van der Waals surface area contributed by atoms with Gasteiger partial charge in [0.25, 0.3) is 0 Å². The molecule has 0 unspecified atom stereocenters. The summed E-state index contributed by atoms with van der Waals surface area (Å²) in [7, 11) is -2.26. The molecule has 1 rings (SSSR count). The number of sulfonamides is 1. The largest absolute Gasteiger partial charge is 0.447 e. The van der Waals surface area contributed by atoms with Crippen LogP contribution in [0.15, 0.2) is 29.2 Å². The lowest BCUT2D eigenvalue weighted by molar-refractivity contribution is 0.131. The summed E-state index contributed by atoms with van der Waals surface area (Å²) in [5.74, 6) is 0. The summed E-state index contributed by atoms with van der Waals surface area (Å²) in [6.07, 6.45) is -0.761. The van der Waals surface area contributed by atoms with Gasteiger partial charge >= 0.3 is 6.09 Å². The number of carbonyl (C=O) groups excluding carboxylic acids is 1. The predicted octanol–water partition coefficient (Wildman–Crippen LogP) is 0.135. The van der Waals surface area contributed by atoms with Gasteiger partial charge < -0.3 is 9.84 Å². The first-order valence-electron chi connectivity index (χ1n) is 5.08. The zero-order valence-electron chi connectivity index (χ0n) is 9.71. The quantitative estimate of drug-likeness (QED) is 0.708. The smallest absolute Gasteiger partial charge is 0.411 e. The third kappa shape index (κ3) is 3.99. The highest BCUT2D eigenvalue weighted by atomic mass is 32.2. The first-order valence-corrected chi connectivity index (χ1v) is 6.56. The van der Waals surface area contributed by atoms with Gasteiger partial charge in [0.15, 0.2) is 0 Å². The Morgan fingerprint density at radius 2 is 2.17 bits per heavy atom. The summed E-state index contributed by atoms with van der Waals surface area (Å²) in [6.45, 7) is -0.401. The fourth-order valence-electron chi connectivity index (χ4n) is 1.15. The van der Waals surface area contributed by atoms with Crippen molar-refractivity contribution < 1.29 is 23.1 Å². The van der Waals surface area contributed by atoms with E-state index >= 15 is 0 Å². The highest BCUT2D eigenvalue weighted by molar-refractivity contribution is 7.89. The first kappa shape index (κ1) is 14.4. The average Bonchev–Trinajstić information content (AvgIpc) is 2.36. The van der Waals surface area contributed by atoms with Crippen LogP contribution in [-0.2, 0) is 14.8 Å². The maximum atomic E-state index is 11.5. The van der Waals surface area contributed by atoms with Crippen LogP contribution in [0.4, 0.5) is 10.5 Å². The molecular weight excluding hydrogens is 260 g/mol. The van der Waals surface area contributed by atoms with E-state index in [1.807, 2.05) is 0 Å². The number of aliphatic hydroxyl groups excluding tert-OH is 1. The van der Waals surface area contributed by atoms with Crippen LogP contribution in [0.5, 0.6) is 0 Å². The van der Waals surface area contributed by atoms with Crippen molar-refractivity contribution in [1.29, 1.82) is 0 Å². The first-order chi connectivity index (χ1) is 8.49. The van der Waals surface area contributed by atoms with Crippen LogP contribution in [0.1, 0.15) is 0 Å². The molecule has 3 N–H and O–H groups in total. The lowest BCUT2D eigenvalue weighted by atomic mass is 10.3. The Morgan fingerprint density at radius 3 is 2.78 bits per heavy atom. The lowest BCUT2D eigenvalue weighted by Crippen LogP contribution is -2.19. The zero-order valence-corrected chi connectivity index (χ0v) is 10.5. The van der Waals surface area contributed by atoms with Gasteiger partial charge in [-0.05, 0) is 25.2 Å². The highest BCUT2D eigenvalue weighted by Gasteiger charge is 2.12. The Kier molecular flexibility index (Phi) is 5.08. The van der Waals surface area contributed by atoms with Gasteiger partial charge in [0.1, 0.15) is 6.61 Å². The molecule has 0 radical (unpaired) electrons. The van der Waals surface area contributed by atoms with Crippen LogP contribution in [0.3, 0.4) is 0 Å². The number of ether oxygens (including phenoxy) is 1. The second-order valence-electron chi connectivity index (χ2n) is 3.22. The number of amides is 1. The standard InChI is InChI=1S/C10H14N2O5S/c1-11-18(15,16)9-4-2-3-8(7-9)12-10(14)17-6-5-13/h2-4,7,11,13H,5-6H2,1H3,(H,12,14). The molecule has 0 saturated heterocycles. The number of benzene rings is 1. The van der Waals surface area contributed by atoms with Gasteiger partial charge in [0, 0.05) is 5.69 Å². The van der Waals surface area contributed by atoms with Gasteiger partial charge in [-0.2, -0.15) is 0 Å². The third-order valence-corrected chi connectivity index (χ3v) is 3.40. The molecule has 0 aliphatic carbocycles. The van der Waals surface area contributed by atoms with Gasteiger partial charge in [-0.15, -0.1) is 0 Å². The molecule has 1 aromatic rings. The van der Waals surface area contributed by atoms with E-state index in [9.17, 15) is 13.2 Å². The molecule has 0 atom stereocenters. The van der Waals surface area contributed by atoms with Crippen LogP contribution >= 0.6 is 0 Å². The molecule has 0 fully saturated rings. The number of nitrogens with one attached hydrogen (secondary N) is 2. The van der Waals surface area contributed by atoms with Gasteiger partial charge in [-0.25, -0.2) is 17.9 Å². The van der Waals surface area contributed by atoms with E-state index in [0.29, 0.717) is 0 Å². The third-order valence-electron chi connectivity index (χ3n) is 1.98. The summed E-state index contributed by atoms with van der Waals surface area (Å²) in [6, 6.07) is 5.71. The van der Waals surface area contributed by atoms with E-state index in [1.165, 1.54) is 31.3 Å². The van der Waals surface area contributed by atoms with Gasteiger partial charge in [0.05, 0.1) is 11.5 Å². The summed E-state index contributed by atoms with van der Waals surface area (Å²) in [5, 5.41) is 10.8. The Balaban J connectivity index is 2.80. The fourth-order valence-corrected chi connectivity index (χ4v) is 1.93. The summed E-state index contributed by atoms with van der Waals surface area (Å²) >= 11 is 0. The molecule has 0 aliphatic heterocycles. The molecule has 1 aromatic carbocycles. The molecule has 0 heterocycles. The van der Waals surface area contributed by atoms with Crippen molar-refractivity contribution in [2.45, 2.75) is 4.90 Å². The molecule has 0 saturated carbocycles. The van der Waals surface area contributed by atoms with Gasteiger partial charge in [0.2, 0.25) is 10.0 Å². The van der Waals surface area contributed by atoms with E-state index in [4.69, 9.17) is 5.11 Å². The van der Waals surface area contributed by atoms with E-state index in [1.54, 1.807) is 0 Å². The number of anilines is 1. The molecule has 0 bridgehead atoms. The van der Waals surface area contributed by atoms with Crippen molar-refractivity contribution >= 4 is 21.8 Å². The Morgan fingerprint density at radius 1 is 1.44 bits per heavy atom. The van der Waals surface area contributed by atoms with E-state index in [2.05, 4.69) is 14.8 Å². The topological polar surface area (TPSA) is 105 Å². The number of hydrogen-bond acceptors (Lipinski definition) is 5. The molecule has 100 valence electrons. The average molecular weight is 274 g/mol. The molecule has 1 amide bonds. The minimum absolute atomic E-state index is 0.0324. The number of aliphatic hydroxyl groups is 1. The molecule has 7 nitrogen and oxygen atoms in total. The Labute approximate surface area is 105 Å². The minimum Gasteiger partial charge on any atom is -0.447 e. The van der Waals surface area contributed by atoms with E-state index in [0.717, 1.165) is 0 Å². The molecule has 8 heteroatoms. The normalized spacial score (nSPS) is 11.0. The fraction of sp³-hybridized carbons (Fsp3) is 0.300. The Hall–Kier alpha value is -1.64. The van der Waals surface area contributed by atoms with Crippen molar-refractivity contribution in [2.24, 2.45) is 0 Å². The van der Waals surface area contributed by atoms with Crippen molar-refractivity contribution in [1.82, 2.24) is 4.72 Å². The molecular formula is C10H14N2O5S. The van der Waals surface area contributed by atoms with E-state index in [-0.39, 0.29) is 23.8 Å². The van der Waals surface area contributed by atoms with Crippen molar-refractivity contribution in [3.63, 3.8) is 0 Å². The molecule has 18 heavy (non-hydrogen) atoms. The maximum absolute atomic E-state index is 11.5. The molecule has 0 spiro atoms. The summed E-state index contributed by atoms with van der Waals surface area (Å²) in [5.41, 5.74) is 0.286. The van der Waals surface area contributed by atoms with Gasteiger partial charge in [-0.1, -0.05) is 6.07 Å². The second-order valence-corrected chi connectivity index (χ2v) is 5.11. The summed E-state index contributed by atoms with van der Waals surface area (Å²) in [4.78, 5) is 11.2. The van der Waals surface area contributed by atoms with Crippen molar-refractivity contribution in [2.75, 3.05) is 25.6 Å². The summed E-state index contributed by atoms with van der Waals surface area (Å²) < 4.78 is 29.8. The number of rotatable bonds is 5. The van der Waals surface area contributed by atoms with Crippen molar-refractivity contribution in [3.05, 3.63) is 24.3 Å². The SMILES string of the molecule is CNS(=O)(=O)c1cccc(NC(=O)OCCO)c1. The highest BCUT2D eigenvalue weighted by Crippen LogP contribution is 2.15. The monoisotopic (exact) mass is 274 g/mol. The molecule has 0 aromatic heterocycles. The second kappa shape index (κ2) is 6.34. The Bertz CT molecular complexity index is 515. The van der Waals surface area contributed by atoms with Crippen LogP contribution < -0.4 is 10.0 Å². The van der Waals surface area contributed by atoms with Crippen LogP contribution in [0, 0.1) is 0 Å².